The van der Waals surface area contributed by atoms with Crippen molar-refractivity contribution in [3.05, 3.63) is 54.1 Å². The van der Waals surface area contributed by atoms with Gasteiger partial charge in [0.1, 0.15) is 16.4 Å². The third-order valence-corrected chi connectivity index (χ3v) is 3.77. The molecule has 6 nitrogen and oxygen atoms in total. The molecule has 1 aromatic carbocycles. The number of rotatable bonds is 4. The van der Waals surface area contributed by atoms with Gasteiger partial charge in [-0.25, -0.2) is 22.6 Å². The Kier molecular flexibility index (Phi) is 3.66. The fraction of sp³-hybridized carbons (Fsp3) is 0. The average Bonchev–Trinajstić information content (AvgIpc) is 2.38. The van der Waals surface area contributed by atoms with Crippen LogP contribution in [-0.2, 0) is 10.0 Å². The fourth-order valence-corrected chi connectivity index (χ4v) is 2.61. The summed E-state index contributed by atoms with van der Waals surface area (Å²) in [7, 11) is -4.13. The van der Waals surface area contributed by atoms with E-state index in [0.717, 1.165) is 24.4 Å². The summed E-state index contributed by atoms with van der Waals surface area (Å²) in [5, 5.41) is 8.77. The topological polar surface area (TPSA) is 96.4 Å². The van der Waals surface area contributed by atoms with Crippen molar-refractivity contribution in [1.82, 2.24) is 4.98 Å². The highest BCUT2D eigenvalue weighted by molar-refractivity contribution is 7.92. The number of pyridine rings is 1. The fourth-order valence-electron chi connectivity index (χ4n) is 1.48. The van der Waals surface area contributed by atoms with Gasteiger partial charge in [-0.1, -0.05) is 12.1 Å². The summed E-state index contributed by atoms with van der Waals surface area (Å²) in [6.07, 6.45) is 1.14. The largest absolute Gasteiger partial charge is 0.477 e. The van der Waals surface area contributed by atoms with E-state index in [2.05, 4.69) is 9.71 Å². The highest BCUT2D eigenvalue weighted by Crippen LogP contribution is 2.18. The van der Waals surface area contributed by atoms with E-state index in [1.54, 1.807) is 0 Å². The summed E-state index contributed by atoms with van der Waals surface area (Å²) < 4.78 is 39.5. The van der Waals surface area contributed by atoms with Crippen molar-refractivity contribution in [2.45, 2.75) is 4.90 Å². The molecule has 0 amide bonds. The molecule has 0 radical (unpaired) electrons. The Morgan fingerprint density at radius 2 is 1.95 bits per heavy atom. The molecule has 0 fully saturated rings. The molecule has 0 aliphatic carbocycles. The number of hydrogen-bond acceptors (Lipinski definition) is 4. The van der Waals surface area contributed by atoms with Gasteiger partial charge in [0, 0.05) is 6.20 Å². The van der Waals surface area contributed by atoms with Gasteiger partial charge in [-0.15, -0.1) is 0 Å². The zero-order valence-electron chi connectivity index (χ0n) is 9.95. The van der Waals surface area contributed by atoms with E-state index < -0.39 is 26.7 Å². The predicted molar refractivity (Wildman–Crippen MR) is 68.4 cm³/mol. The number of aromatic nitrogens is 1. The molecular weight excluding hydrogens is 287 g/mol. The molecule has 8 heteroatoms. The van der Waals surface area contributed by atoms with Gasteiger partial charge in [0.2, 0.25) is 0 Å². The van der Waals surface area contributed by atoms with Crippen molar-refractivity contribution in [2.24, 2.45) is 0 Å². The molecule has 0 aliphatic heterocycles. The molecule has 1 heterocycles. The number of hydrogen-bond donors (Lipinski definition) is 2. The lowest BCUT2D eigenvalue weighted by Crippen LogP contribution is -2.15. The van der Waals surface area contributed by atoms with Crippen LogP contribution in [0.15, 0.2) is 47.5 Å². The number of carbonyl (C=O) groups is 1. The number of carboxylic acids is 1. The summed E-state index contributed by atoms with van der Waals surface area (Å²) >= 11 is 0. The van der Waals surface area contributed by atoms with Crippen LogP contribution in [0.3, 0.4) is 0 Å². The first-order chi connectivity index (χ1) is 9.40. The van der Waals surface area contributed by atoms with Gasteiger partial charge in [0.05, 0.1) is 5.69 Å². The maximum Gasteiger partial charge on any atom is 0.354 e. The van der Waals surface area contributed by atoms with E-state index in [4.69, 9.17) is 5.11 Å². The van der Waals surface area contributed by atoms with Gasteiger partial charge in [0.15, 0.2) is 0 Å². The van der Waals surface area contributed by atoms with Crippen molar-refractivity contribution in [3.8, 4) is 0 Å². The number of sulfonamides is 1. The summed E-state index contributed by atoms with van der Waals surface area (Å²) in [6, 6.07) is 7.18. The monoisotopic (exact) mass is 296 g/mol. The maximum atomic E-state index is 13.5. The number of anilines is 1. The predicted octanol–water partition coefficient (Wildman–Crippen LogP) is 1.72. The summed E-state index contributed by atoms with van der Waals surface area (Å²) in [4.78, 5) is 13.8. The van der Waals surface area contributed by atoms with Crippen LogP contribution >= 0.6 is 0 Å². The Morgan fingerprint density at radius 1 is 1.25 bits per heavy atom. The Labute approximate surface area is 114 Å². The van der Waals surface area contributed by atoms with Crippen molar-refractivity contribution < 1.29 is 22.7 Å². The minimum atomic E-state index is -4.13. The third kappa shape index (κ3) is 2.91. The van der Waals surface area contributed by atoms with Crippen LogP contribution < -0.4 is 4.72 Å². The highest BCUT2D eigenvalue weighted by atomic mass is 32.2. The molecule has 0 atom stereocenters. The standard InChI is InChI=1S/C12H9FN2O4S/c13-9-3-1-2-4-11(9)20(18,19)15-8-5-6-14-10(7-8)12(16)17/h1-7H,(H,14,15)(H,16,17). The van der Waals surface area contributed by atoms with E-state index >= 15 is 0 Å². The zero-order valence-corrected chi connectivity index (χ0v) is 10.8. The number of benzene rings is 1. The van der Waals surface area contributed by atoms with Gasteiger partial charge >= 0.3 is 5.97 Å². The van der Waals surface area contributed by atoms with Crippen LogP contribution in [0.4, 0.5) is 10.1 Å². The number of aromatic carboxylic acids is 1. The molecule has 104 valence electrons. The highest BCUT2D eigenvalue weighted by Gasteiger charge is 2.19. The number of halogens is 1. The number of carboxylic acid groups (broad SMARTS) is 1. The molecule has 1 aromatic heterocycles. The van der Waals surface area contributed by atoms with Crippen molar-refractivity contribution in [2.75, 3.05) is 4.72 Å². The van der Waals surface area contributed by atoms with Gasteiger partial charge in [-0.2, -0.15) is 0 Å². The maximum absolute atomic E-state index is 13.5. The molecule has 0 saturated heterocycles. The van der Waals surface area contributed by atoms with Gasteiger partial charge < -0.3 is 5.11 Å². The Balaban J connectivity index is 2.36. The second-order valence-corrected chi connectivity index (χ2v) is 5.42. The quantitative estimate of drug-likeness (QED) is 0.895. The third-order valence-electron chi connectivity index (χ3n) is 2.36. The molecule has 2 N–H and O–H groups in total. The first kappa shape index (κ1) is 13.9. The summed E-state index contributed by atoms with van der Waals surface area (Å²) in [6.45, 7) is 0. The van der Waals surface area contributed by atoms with Crippen LogP contribution in [0, 0.1) is 5.82 Å². The van der Waals surface area contributed by atoms with Crippen molar-refractivity contribution >= 4 is 21.7 Å². The van der Waals surface area contributed by atoms with Gasteiger partial charge in [-0.3, -0.25) is 4.72 Å². The minimum absolute atomic E-state index is 0.0133. The number of nitrogens with one attached hydrogen (secondary N) is 1. The minimum Gasteiger partial charge on any atom is -0.477 e. The van der Waals surface area contributed by atoms with Crippen LogP contribution in [0.5, 0.6) is 0 Å². The van der Waals surface area contributed by atoms with E-state index in [1.165, 1.54) is 18.2 Å². The SMILES string of the molecule is O=C(O)c1cc(NS(=O)(=O)c2ccccc2F)ccn1. The van der Waals surface area contributed by atoms with E-state index in [1.807, 2.05) is 0 Å². The van der Waals surface area contributed by atoms with Crippen molar-refractivity contribution in [1.29, 1.82) is 0 Å². The Hall–Kier alpha value is -2.48. The zero-order chi connectivity index (χ0) is 14.8. The van der Waals surface area contributed by atoms with E-state index in [9.17, 15) is 17.6 Å². The number of nitrogens with zero attached hydrogens (tertiary/aromatic N) is 1. The molecular formula is C12H9FN2O4S. The van der Waals surface area contributed by atoms with Crippen LogP contribution in [0.1, 0.15) is 10.5 Å². The van der Waals surface area contributed by atoms with E-state index in [0.29, 0.717) is 0 Å². The lowest BCUT2D eigenvalue weighted by Gasteiger charge is -2.08. The molecule has 0 unspecified atom stereocenters. The second kappa shape index (κ2) is 5.25. The van der Waals surface area contributed by atoms with Crippen molar-refractivity contribution in [3.63, 3.8) is 0 Å². The normalized spacial score (nSPS) is 11.1. The average molecular weight is 296 g/mol. The molecule has 0 spiro atoms. The molecule has 0 saturated carbocycles. The molecule has 0 bridgehead atoms. The second-order valence-electron chi connectivity index (χ2n) is 3.77. The Morgan fingerprint density at radius 3 is 2.60 bits per heavy atom. The Bertz CT molecular complexity index is 762. The van der Waals surface area contributed by atoms with E-state index in [-0.39, 0.29) is 11.4 Å². The molecule has 20 heavy (non-hydrogen) atoms. The van der Waals surface area contributed by atoms with Crippen LogP contribution in [-0.4, -0.2) is 24.5 Å². The first-order valence-electron chi connectivity index (χ1n) is 5.37. The lowest BCUT2D eigenvalue weighted by molar-refractivity contribution is 0.0690. The summed E-state index contributed by atoms with van der Waals surface area (Å²) in [5.74, 6) is -2.19. The molecule has 0 aliphatic rings. The summed E-state index contributed by atoms with van der Waals surface area (Å²) in [5.41, 5.74) is -0.334. The van der Waals surface area contributed by atoms with Gasteiger partial charge in [0.25, 0.3) is 10.0 Å². The smallest absolute Gasteiger partial charge is 0.354 e. The molecule has 2 rings (SSSR count). The van der Waals surface area contributed by atoms with Gasteiger partial charge in [-0.05, 0) is 24.3 Å². The van der Waals surface area contributed by atoms with Crippen LogP contribution in [0.25, 0.3) is 0 Å². The molecule has 2 aromatic rings. The first-order valence-corrected chi connectivity index (χ1v) is 6.85. The lowest BCUT2D eigenvalue weighted by atomic mass is 10.3. The van der Waals surface area contributed by atoms with Crippen LogP contribution in [0.2, 0.25) is 0 Å².